The topological polar surface area (TPSA) is 70.4 Å². The third-order valence-corrected chi connectivity index (χ3v) is 4.27. The van der Waals surface area contributed by atoms with E-state index in [4.69, 9.17) is 9.47 Å². The fourth-order valence-corrected chi connectivity index (χ4v) is 2.89. The van der Waals surface area contributed by atoms with Crippen molar-refractivity contribution in [1.82, 2.24) is 9.55 Å². The SMILES string of the molecule is COC(=O)C1OC(=O)c2c(ncn2[C@H](C)c2ccccc2)[C@H]1C. The molecule has 6 nitrogen and oxygen atoms in total. The number of esters is 2. The molecular formula is C17H18N2O4. The zero-order valence-corrected chi connectivity index (χ0v) is 13.2. The van der Waals surface area contributed by atoms with Crippen molar-refractivity contribution in [2.45, 2.75) is 31.9 Å². The lowest BCUT2D eigenvalue weighted by molar-refractivity contribution is -0.152. The third-order valence-electron chi connectivity index (χ3n) is 4.27. The van der Waals surface area contributed by atoms with Crippen LogP contribution < -0.4 is 0 Å². The van der Waals surface area contributed by atoms with Crippen molar-refractivity contribution in [2.75, 3.05) is 7.11 Å². The van der Waals surface area contributed by atoms with Crippen LogP contribution in [0.5, 0.6) is 0 Å². The second-order valence-electron chi connectivity index (χ2n) is 5.61. The van der Waals surface area contributed by atoms with Crippen LogP contribution >= 0.6 is 0 Å². The highest BCUT2D eigenvalue weighted by Gasteiger charge is 2.41. The first-order valence-corrected chi connectivity index (χ1v) is 7.45. The van der Waals surface area contributed by atoms with Gasteiger partial charge in [0.2, 0.25) is 6.10 Å². The van der Waals surface area contributed by atoms with Crippen LogP contribution in [0, 0.1) is 0 Å². The van der Waals surface area contributed by atoms with Gasteiger partial charge in [-0.3, -0.25) is 0 Å². The van der Waals surface area contributed by atoms with Crippen molar-refractivity contribution in [2.24, 2.45) is 0 Å². The zero-order valence-electron chi connectivity index (χ0n) is 13.2. The van der Waals surface area contributed by atoms with Gasteiger partial charge in [0.25, 0.3) is 0 Å². The average molecular weight is 314 g/mol. The van der Waals surface area contributed by atoms with E-state index in [2.05, 4.69) is 4.98 Å². The normalized spacial score (nSPS) is 21.3. The summed E-state index contributed by atoms with van der Waals surface area (Å²) < 4.78 is 11.8. The summed E-state index contributed by atoms with van der Waals surface area (Å²) in [5.74, 6) is -1.46. The highest BCUT2D eigenvalue weighted by molar-refractivity contribution is 5.93. The molecule has 0 saturated carbocycles. The molecule has 0 bridgehead atoms. The molecule has 1 aromatic heterocycles. The molecule has 0 amide bonds. The largest absolute Gasteiger partial charge is 0.466 e. The minimum absolute atomic E-state index is 0.0677. The van der Waals surface area contributed by atoms with E-state index in [0.717, 1.165) is 5.56 Å². The first-order chi connectivity index (χ1) is 11.0. The number of carbonyl (C=O) groups is 2. The van der Waals surface area contributed by atoms with Crippen LogP contribution in [0.2, 0.25) is 0 Å². The predicted octanol–water partition coefficient (Wildman–Crippen LogP) is 2.31. The summed E-state index contributed by atoms with van der Waals surface area (Å²) in [6.07, 6.45) is 0.676. The number of ether oxygens (including phenoxy) is 2. The van der Waals surface area contributed by atoms with Gasteiger partial charge in [0.15, 0.2) is 5.69 Å². The molecule has 0 radical (unpaired) electrons. The number of carbonyl (C=O) groups excluding carboxylic acids is 2. The summed E-state index contributed by atoms with van der Waals surface area (Å²) in [5.41, 5.74) is 2.02. The van der Waals surface area contributed by atoms with Crippen LogP contribution in [0.1, 0.15) is 47.6 Å². The van der Waals surface area contributed by atoms with Gasteiger partial charge in [0.1, 0.15) is 0 Å². The molecule has 1 aliphatic heterocycles. The summed E-state index contributed by atoms with van der Waals surface area (Å²) in [6, 6.07) is 9.75. The van der Waals surface area contributed by atoms with E-state index in [9.17, 15) is 9.59 Å². The number of imidazole rings is 1. The number of hydrogen-bond donors (Lipinski definition) is 0. The molecule has 3 atom stereocenters. The lowest BCUT2D eigenvalue weighted by Crippen LogP contribution is -2.38. The number of hydrogen-bond acceptors (Lipinski definition) is 5. The van der Waals surface area contributed by atoms with Crippen LogP contribution in [-0.2, 0) is 14.3 Å². The van der Waals surface area contributed by atoms with Gasteiger partial charge in [-0.2, -0.15) is 0 Å². The smallest absolute Gasteiger partial charge is 0.357 e. The van der Waals surface area contributed by atoms with Gasteiger partial charge in [-0.1, -0.05) is 37.3 Å². The van der Waals surface area contributed by atoms with Crippen molar-refractivity contribution in [3.8, 4) is 0 Å². The molecule has 23 heavy (non-hydrogen) atoms. The van der Waals surface area contributed by atoms with Crippen molar-refractivity contribution < 1.29 is 19.1 Å². The maximum absolute atomic E-state index is 12.4. The quantitative estimate of drug-likeness (QED) is 0.813. The van der Waals surface area contributed by atoms with Crippen LogP contribution in [-0.4, -0.2) is 34.7 Å². The molecule has 2 aromatic rings. The van der Waals surface area contributed by atoms with Gasteiger partial charge in [-0.25, -0.2) is 14.6 Å². The number of cyclic esters (lactones) is 1. The molecule has 0 saturated heterocycles. The molecule has 120 valence electrons. The van der Waals surface area contributed by atoms with Gasteiger partial charge in [0, 0.05) is 5.92 Å². The summed E-state index contributed by atoms with van der Waals surface area (Å²) >= 11 is 0. The van der Waals surface area contributed by atoms with Gasteiger partial charge >= 0.3 is 11.9 Å². The Morgan fingerprint density at radius 3 is 2.70 bits per heavy atom. The Morgan fingerprint density at radius 2 is 2.04 bits per heavy atom. The van der Waals surface area contributed by atoms with E-state index >= 15 is 0 Å². The lowest BCUT2D eigenvalue weighted by atomic mass is 9.96. The summed E-state index contributed by atoms with van der Waals surface area (Å²) in [5, 5.41) is 0. The van der Waals surface area contributed by atoms with E-state index in [1.54, 1.807) is 17.8 Å². The summed E-state index contributed by atoms with van der Waals surface area (Å²) in [7, 11) is 1.27. The molecule has 0 fully saturated rings. The minimum atomic E-state index is -0.949. The first-order valence-electron chi connectivity index (χ1n) is 7.45. The first kappa shape index (κ1) is 15.3. The van der Waals surface area contributed by atoms with E-state index in [1.165, 1.54) is 7.11 Å². The van der Waals surface area contributed by atoms with E-state index in [0.29, 0.717) is 11.4 Å². The van der Waals surface area contributed by atoms with Gasteiger partial charge in [-0.15, -0.1) is 0 Å². The number of methoxy groups -OCH3 is 1. The Balaban J connectivity index is 2.00. The Labute approximate surface area is 134 Å². The summed E-state index contributed by atoms with van der Waals surface area (Å²) in [6.45, 7) is 3.79. The monoisotopic (exact) mass is 314 g/mol. The Hall–Kier alpha value is -2.63. The van der Waals surface area contributed by atoms with Crippen LogP contribution in [0.25, 0.3) is 0 Å². The number of benzene rings is 1. The molecule has 0 spiro atoms. The van der Waals surface area contributed by atoms with Crippen molar-refractivity contribution in [1.29, 1.82) is 0 Å². The van der Waals surface area contributed by atoms with E-state index in [-0.39, 0.29) is 12.0 Å². The van der Waals surface area contributed by atoms with Crippen molar-refractivity contribution >= 4 is 11.9 Å². The average Bonchev–Trinajstić information content (AvgIpc) is 3.03. The molecule has 2 heterocycles. The second kappa shape index (κ2) is 5.87. The van der Waals surface area contributed by atoms with Gasteiger partial charge < -0.3 is 14.0 Å². The fourth-order valence-electron chi connectivity index (χ4n) is 2.89. The van der Waals surface area contributed by atoms with Crippen LogP contribution in [0.3, 0.4) is 0 Å². The van der Waals surface area contributed by atoms with Gasteiger partial charge in [-0.05, 0) is 12.5 Å². The molecule has 0 aliphatic carbocycles. The Morgan fingerprint density at radius 1 is 1.35 bits per heavy atom. The number of aromatic nitrogens is 2. The minimum Gasteiger partial charge on any atom is -0.466 e. The molecular weight excluding hydrogens is 296 g/mol. The molecule has 1 aromatic carbocycles. The predicted molar refractivity (Wildman–Crippen MR) is 82.1 cm³/mol. The molecule has 1 aliphatic rings. The summed E-state index contributed by atoms with van der Waals surface area (Å²) in [4.78, 5) is 28.5. The second-order valence-corrected chi connectivity index (χ2v) is 5.61. The van der Waals surface area contributed by atoms with Crippen molar-refractivity contribution in [3.63, 3.8) is 0 Å². The van der Waals surface area contributed by atoms with Crippen LogP contribution in [0.15, 0.2) is 36.7 Å². The maximum Gasteiger partial charge on any atom is 0.357 e. The van der Waals surface area contributed by atoms with Crippen LogP contribution in [0.4, 0.5) is 0 Å². The number of rotatable bonds is 3. The van der Waals surface area contributed by atoms with E-state index < -0.39 is 18.0 Å². The molecule has 1 unspecified atom stereocenters. The number of nitrogens with zero attached hydrogens (tertiary/aromatic N) is 2. The highest BCUT2D eigenvalue weighted by Crippen LogP contribution is 2.33. The third kappa shape index (κ3) is 2.50. The zero-order chi connectivity index (χ0) is 16.6. The lowest BCUT2D eigenvalue weighted by Gasteiger charge is -2.27. The molecule has 0 N–H and O–H groups in total. The molecule has 6 heteroatoms. The fraction of sp³-hybridized carbons (Fsp3) is 0.353. The standard InChI is InChI=1S/C17H18N2O4/c1-10-13-14(16(20)23-15(10)17(21)22-3)19(9-18-13)11(2)12-7-5-4-6-8-12/h4-11,15H,1-3H3/t10-,11-,15?/m1/s1. The van der Waals surface area contributed by atoms with E-state index in [1.807, 2.05) is 37.3 Å². The number of fused-ring (bicyclic) bond motifs is 1. The van der Waals surface area contributed by atoms with Gasteiger partial charge in [0.05, 0.1) is 25.2 Å². The molecule has 3 rings (SSSR count). The Bertz CT molecular complexity index is 738. The van der Waals surface area contributed by atoms with Crippen molar-refractivity contribution in [3.05, 3.63) is 53.6 Å². The Kier molecular flexibility index (Phi) is 3.90. The maximum atomic E-state index is 12.4. The highest BCUT2D eigenvalue weighted by atomic mass is 16.6.